The summed E-state index contributed by atoms with van der Waals surface area (Å²) in [5.74, 6) is -1.98. The van der Waals surface area contributed by atoms with Gasteiger partial charge in [-0.1, -0.05) is 6.92 Å². The molecule has 1 N–H and O–H groups in total. The number of ether oxygens (including phenoxy) is 2. The van der Waals surface area contributed by atoms with Gasteiger partial charge in [-0.25, -0.2) is 0 Å². The van der Waals surface area contributed by atoms with E-state index < -0.39 is 44.5 Å². The van der Waals surface area contributed by atoms with E-state index in [1.165, 1.54) is 6.92 Å². The van der Waals surface area contributed by atoms with Gasteiger partial charge in [0, 0.05) is 24.6 Å². The Bertz CT molecular complexity index is 987. The number of hydrogen-bond donors (Lipinski definition) is 1. The van der Waals surface area contributed by atoms with E-state index in [0.29, 0.717) is 5.71 Å². The zero-order valence-corrected chi connectivity index (χ0v) is 18.7. The zero-order chi connectivity index (χ0) is 25.2. The van der Waals surface area contributed by atoms with Crippen LogP contribution in [0.2, 0.25) is 0 Å². The topological polar surface area (TPSA) is 187 Å². The first-order chi connectivity index (χ1) is 15.5. The smallest absolute Gasteiger partial charge is 0.326 e. The highest BCUT2D eigenvalue weighted by Gasteiger charge is 2.46. The molecule has 0 radical (unpaired) electrons. The van der Waals surface area contributed by atoms with Gasteiger partial charge in [-0.3, -0.25) is 35.2 Å². The number of nitrogens with zero attached hydrogens (tertiary/aromatic N) is 4. The Morgan fingerprint density at radius 3 is 2.42 bits per heavy atom. The van der Waals surface area contributed by atoms with Crippen LogP contribution in [0.5, 0.6) is 0 Å². The lowest BCUT2D eigenvalue weighted by Gasteiger charge is -2.30. The Balaban J connectivity index is 3.07. The van der Waals surface area contributed by atoms with Crippen molar-refractivity contribution >= 4 is 34.7 Å². The first-order valence-corrected chi connectivity index (χ1v) is 9.92. The summed E-state index contributed by atoms with van der Waals surface area (Å²) < 4.78 is 10.0. The number of carbonyl (C=O) groups is 2. The fourth-order valence-electron chi connectivity index (χ4n) is 2.87. The van der Waals surface area contributed by atoms with Crippen molar-refractivity contribution in [1.82, 2.24) is 0 Å². The molecule has 33 heavy (non-hydrogen) atoms. The number of benzene rings is 1. The first kappa shape index (κ1) is 27.0. The lowest BCUT2D eigenvalue weighted by Crippen LogP contribution is -2.40. The second-order valence-corrected chi connectivity index (χ2v) is 7.18. The third kappa shape index (κ3) is 7.23. The summed E-state index contributed by atoms with van der Waals surface area (Å²) in [6.07, 6.45) is 0.120. The van der Waals surface area contributed by atoms with Crippen molar-refractivity contribution < 1.29 is 28.9 Å². The van der Waals surface area contributed by atoms with Crippen LogP contribution in [0.25, 0.3) is 0 Å². The van der Waals surface area contributed by atoms with Crippen molar-refractivity contribution in [2.75, 3.05) is 18.6 Å². The van der Waals surface area contributed by atoms with Gasteiger partial charge in [-0.2, -0.15) is 10.4 Å². The minimum absolute atomic E-state index is 0.00979. The number of nitriles is 1. The third-order valence-electron chi connectivity index (χ3n) is 4.85. The molecule has 0 saturated heterocycles. The molecule has 0 bridgehead atoms. The number of nitrogens with one attached hydrogen (secondary N) is 1. The molecular weight excluding hydrogens is 438 g/mol. The van der Waals surface area contributed by atoms with Crippen molar-refractivity contribution in [3.63, 3.8) is 0 Å². The Morgan fingerprint density at radius 1 is 1.24 bits per heavy atom. The molecule has 0 unspecified atom stereocenters. The van der Waals surface area contributed by atoms with Crippen LogP contribution in [0.4, 0.5) is 17.1 Å². The van der Waals surface area contributed by atoms with Crippen molar-refractivity contribution in [2.45, 2.75) is 40.5 Å². The van der Waals surface area contributed by atoms with Gasteiger partial charge in [0.15, 0.2) is 5.41 Å². The summed E-state index contributed by atoms with van der Waals surface area (Å²) in [7, 11) is 0. The molecule has 0 saturated carbocycles. The summed E-state index contributed by atoms with van der Waals surface area (Å²) >= 11 is 0. The van der Waals surface area contributed by atoms with Gasteiger partial charge in [0.2, 0.25) is 0 Å². The van der Waals surface area contributed by atoms with Crippen LogP contribution < -0.4 is 5.43 Å². The van der Waals surface area contributed by atoms with Crippen molar-refractivity contribution in [3.8, 4) is 6.07 Å². The lowest BCUT2D eigenvalue weighted by molar-refractivity contribution is -0.393. The number of anilines is 1. The monoisotopic (exact) mass is 463 g/mol. The standard InChI is InChI=1S/C20H25N5O8/c1-5-32-19(27)20(12-21,13(2)11-33-15(4)26)9-8-14(3)22-23-17-7-6-16(24(28)29)10-18(17)25(30)31/h6-7,10,13,23H,5,8-9,11H2,1-4H3/b22-14+/t13-,20-/m0/s1. The van der Waals surface area contributed by atoms with Crippen LogP contribution in [0.3, 0.4) is 0 Å². The summed E-state index contributed by atoms with van der Waals surface area (Å²) in [6, 6.07) is 5.06. The highest BCUT2D eigenvalue weighted by molar-refractivity contribution is 5.85. The normalized spacial score (nSPS) is 13.7. The van der Waals surface area contributed by atoms with Crippen LogP contribution >= 0.6 is 0 Å². The summed E-state index contributed by atoms with van der Waals surface area (Å²) in [4.78, 5) is 44.3. The number of esters is 2. The maximum Gasteiger partial charge on any atom is 0.326 e. The van der Waals surface area contributed by atoms with Crippen LogP contribution in [0.1, 0.15) is 40.5 Å². The average Bonchev–Trinajstić information content (AvgIpc) is 2.76. The van der Waals surface area contributed by atoms with E-state index >= 15 is 0 Å². The minimum atomic E-state index is -1.61. The highest BCUT2D eigenvalue weighted by Crippen LogP contribution is 2.35. The SMILES string of the molecule is CCOC(=O)[C@](C#N)(CC/C(C)=N/Nc1ccc([N+](=O)[O-])cc1[N+](=O)[O-])[C@@H](C)COC(C)=O. The predicted octanol–water partition coefficient (Wildman–Crippen LogP) is 3.34. The van der Waals surface area contributed by atoms with Gasteiger partial charge >= 0.3 is 17.6 Å². The van der Waals surface area contributed by atoms with Gasteiger partial charge in [0.25, 0.3) is 5.69 Å². The zero-order valence-electron chi connectivity index (χ0n) is 18.7. The number of carbonyl (C=O) groups excluding carboxylic acids is 2. The molecule has 0 fully saturated rings. The molecule has 0 aliphatic heterocycles. The van der Waals surface area contributed by atoms with Gasteiger partial charge in [-0.15, -0.1) is 0 Å². The number of hydrazone groups is 1. The first-order valence-electron chi connectivity index (χ1n) is 9.92. The molecule has 1 rings (SSSR count). The van der Waals surface area contributed by atoms with E-state index in [1.807, 2.05) is 6.07 Å². The molecule has 13 nitrogen and oxygen atoms in total. The molecular formula is C20H25N5O8. The molecule has 0 spiro atoms. The van der Waals surface area contributed by atoms with Crippen molar-refractivity contribution in [1.29, 1.82) is 5.26 Å². The number of nitro benzene ring substituents is 2. The van der Waals surface area contributed by atoms with Crippen LogP contribution in [0.15, 0.2) is 23.3 Å². The lowest BCUT2D eigenvalue weighted by atomic mass is 9.74. The molecule has 0 heterocycles. The highest BCUT2D eigenvalue weighted by atomic mass is 16.6. The Kier molecular flexibility index (Phi) is 9.87. The van der Waals surface area contributed by atoms with Crippen LogP contribution in [0, 0.1) is 42.9 Å². The Morgan fingerprint density at radius 2 is 1.91 bits per heavy atom. The maximum absolute atomic E-state index is 12.6. The summed E-state index contributed by atoms with van der Waals surface area (Å²) in [5, 5.41) is 35.9. The summed E-state index contributed by atoms with van der Waals surface area (Å²) in [6.45, 7) is 5.88. The van der Waals surface area contributed by atoms with Gasteiger partial charge in [0.1, 0.15) is 5.69 Å². The summed E-state index contributed by atoms with van der Waals surface area (Å²) in [5.41, 5.74) is 0.239. The van der Waals surface area contributed by atoms with Crippen molar-refractivity contribution in [3.05, 3.63) is 38.4 Å². The van der Waals surface area contributed by atoms with Crippen LogP contribution in [-0.4, -0.2) is 40.7 Å². The van der Waals surface area contributed by atoms with Gasteiger partial charge in [0.05, 0.1) is 35.2 Å². The quantitative estimate of drug-likeness (QED) is 0.208. The molecule has 13 heteroatoms. The Labute approximate surface area is 189 Å². The van der Waals surface area contributed by atoms with Gasteiger partial charge < -0.3 is 9.47 Å². The maximum atomic E-state index is 12.6. The molecule has 0 amide bonds. The number of non-ortho nitro benzene ring substituents is 1. The fourth-order valence-corrected chi connectivity index (χ4v) is 2.87. The van der Waals surface area contributed by atoms with E-state index in [0.717, 1.165) is 18.2 Å². The largest absolute Gasteiger partial charge is 0.466 e. The predicted molar refractivity (Wildman–Crippen MR) is 116 cm³/mol. The third-order valence-corrected chi connectivity index (χ3v) is 4.85. The molecule has 1 aromatic rings. The minimum Gasteiger partial charge on any atom is -0.466 e. The molecule has 1 aromatic carbocycles. The van der Waals surface area contributed by atoms with Gasteiger partial charge in [-0.05, 0) is 32.8 Å². The molecule has 178 valence electrons. The van der Waals surface area contributed by atoms with E-state index in [9.17, 15) is 35.1 Å². The van der Waals surface area contributed by atoms with E-state index in [1.54, 1.807) is 20.8 Å². The molecule has 0 aliphatic rings. The number of hydrogen-bond acceptors (Lipinski definition) is 11. The van der Waals surface area contributed by atoms with E-state index in [4.69, 9.17) is 9.47 Å². The average molecular weight is 463 g/mol. The fraction of sp³-hybridized carbons (Fsp3) is 0.500. The second-order valence-electron chi connectivity index (χ2n) is 7.18. The Hall–Kier alpha value is -4.08. The molecule has 0 aliphatic carbocycles. The van der Waals surface area contributed by atoms with Crippen LogP contribution in [-0.2, 0) is 19.1 Å². The van der Waals surface area contributed by atoms with E-state index in [-0.39, 0.29) is 31.7 Å². The number of rotatable bonds is 12. The second kappa shape index (κ2) is 12.1. The number of nitro groups is 2. The van der Waals surface area contributed by atoms with E-state index in [2.05, 4.69) is 10.5 Å². The molecule has 0 aromatic heterocycles. The molecule has 2 atom stereocenters. The van der Waals surface area contributed by atoms with Crippen molar-refractivity contribution in [2.24, 2.45) is 16.4 Å².